The SMILES string of the molecule is Cc1ccc(-c2ccnc(C)c2)c(C(=O)N2CCC[C@@H](CCc3cccc(-c4ccc(C)cc4C(=O)N4CCC[C@@H](C)[C@H]4CNc4ccc(C(F)(F)F)cn4)n3)[C@H]2CNc2ccc(C(F)(F)F)cn2)c1. The number of aromatic nitrogens is 4. The number of hydrogen-bond acceptors (Lipinski definition) is 8. The predicted molar refractivity (Wildman–Crippen MR) is 258 cm³/mol. The largest absolute Gasteiger partial charge is 0.417 e. The second kappa shape index (κ2) is 21.0. The first-order valence-corrected chi connectivity index (χ1v) is 23.7. The summed E-state index contributed by atoms with van der Waals surface area (Å²) in [7, 11) is 0. The van der Waals surface area contributed by atoms with E-state index >= 15 is 0 Å². The van der Waals surface area contributed by atoms with Crippen LogP contribution in [0.3, 0.4) is 0 Å². The van der Waals surface area contributed by atoms with Crippen LogP contribution in [0.1, 0.15) is 93.4 Å². The van der Waals surface area contributed by atoms with Crippen LogP contribution in [0.15, 0.2) is 110 Å². The van der Waals surface area contributed by atoms with E-state index in [1.165, 1.54) is 12.1 Å². The van der Waals surface area contributed by atoms with E-state index in [2.05, 4.69) is 32.5 Å². The average molecular weight is 963 g/mol. The van der Waals surface area contributed by atoms with E-state index in [9.17, 15) is 35.9 Å². The van der Waals surface area contributed by atoms with Crippen LogP contribution in [0.5, 0.6) is 0 Å². The van der Waals surface area contributed by atoms with Crippen LogP contribution in [0.25, 0.3) is 22.4 Å². The van der Waals surface area contributed by atoms with Crippen molar-refractivity contribution in [2.75, 3.05) is 36.8 Å². The minimum absolute atomic E-state index is 0.0255. The Morgan fingerprint density at radius 1 is 0.657 bits per heavy atom. The van der Waals surface area contributed by atoms with Crippen molar-refractivity contribution in [3.63, 3.8) is 0 Å². The fourth-order valence-corrected chi connectivity index (χ4v) is 9.84. The molecule has 2 aliphatic rings. The van der Waals surface area contributed by atoms with Crippen molar-refractivity contribution in [3.8, 4) is 22.4 Å². The van der Waals surface area contributed by atoms with Crippen molar-refractivity contribution in [1.29, 1.82) is 0 Å². The molecule has 2 saturated heterocycles. The summed E-state index contributed by atoms with van der Waals surface area (Å²) in [5.74, 6) is 0.337. The lowest BCUT2D eigenvalue weighted by atomic mass is 9.84. The third-order valence-corrected chi connectivity index (χ3v) is 13.6. The molecule has 0 saturated carbocycles. The Labute approximate surface area is 404 Å². The lowest BCUT2D eigenvalue weighted by Crippen LogP contribution is -2.52. The molecule has 2 aromatic carbocycles. The molecule has 2 N–H and O–H groups in total. The third-order valence-electron chi connectivity index (χ3n) is 13.6. The molecule has 70 heavy (non-hydrogen) atoms. The number of piperidine rings is 2. The van der Waals surface area contributed by atoms with Gasteiger partial charge in [0.05, 0.1) is 28.9 Å². The van der Waals surface area contributed by atoms with Crippen LogP contribution in [0.4, 0.5) is 38.0 Å². The van der Waals surface area contributed by atoms with E-state index in [-0.39, 0.29) is 48.1 Å². The number of carbonyl (C=O) groups is 2. The number of nitrogens with one attached hydrogen (secondary N) is 2. The number of aryl methyl sites for hydroxylation is 4. The Balaban J connectivity index is 1.03. The number of alkyl halides is 6. The van der Waals surface area contributed by atoms with Gasteiger partial charge in [-0.1, -0.05) is 48.4 Å². The topological polar surface area (TPSA) is 116 Å². The van der Waals surface area contributed by atoms with Crippen molar-refractivity contribution >= 4 is 23.5 Å². The Kier molecular flexibility index (Phi) is 14.9. The highest BCUT2D eigenvalue weighted by molar-refractivity contribution is 6.02. The standard InChI is InChI=1S/C54H56F6N8O2/c1-33-12-18-42(38-22-23-61-36(4)28-38)44(26-33)51(69)68-25-7-9-37(48(68)32-65-50-21-16-40(30-63-50)54(58,59)60)14-17-41-10-5-11-46(66-41)43-19-13-34(2)27-45(43)52(70)67-24-6-8-35(3)47(67)31-64-49-20-15-39(29-62-49)53(55,56)57/h5,10-13,15-16,18-23,26-30,35,37,47-48H,6-9,14,17,24-25,31-32H2,1-4H3,(H,62,64)(H,63,65)/t35-,37+,47-,48-/m1/s1. The molecule has 0 spiro atoms. The molecular weight excluding hydrogens is 907 g/mol. The van der Waals surface area contributed by atoms with E-state index in [4.69, 9.17) is 4.98 Å². The van der Waals surface area contributed by atoms with Crippen LogP contribution in [0.2, 0.25) is 0 Å². The van der Waals surface area contributed by atoms with Crippen LogP contribution < -0.4 is 10.6 Å². The monoisotopic (exact) mass is 962 g/mol. The molecule has 0 unspecified atom stereocenters. The van der Waals surface area contributed by atoms with Gasteiger partial charge in [-0.25, -0.2) is 9.97 Å². The molecule has 2 fully saturated rings. The summed E-state index contributed by atoms with van der Waals surface area (Å²) >= 11 is 0. The number of halogens is 6. The summed E-state index contributed by atoms with van der Waals surface area (Å²) in [6.45, 7) is 9.40. The zero-order valence-electron chi connectivity index (χ0n) is 39.5. The molecule has 4 aromatic heterocycles. The lowest BCUT2D eigenvalue weighted by molar-refractivity contribution is -0.138. The number of nitrogens with zero attached hydrogens (tertiary/aromatic N) is 6. The second-order valence-corrected chi connectivity index (χ2v) is 18.6. The van der Waals surface area contributed by atoms with Crippen molar-refractivity contribution in [3.05, 3.63) is 154 Å². The van der Waals surface area contributed by atoms with Gasteiger partial charge in [0, 0.05) is 72.8 Å². The van der Waals surface area contributed by atoms with Crippen molar-refractivity contribution in [1.82, 2.24) is 29.7 Å². The average Bonchev–Trinajstić information content (AvgIpc) is 3.34. The van der Waals surface area contributed by atoms with E-state index < -0.39 is 23.5 Å². The normalized spacial score (nSPS) is 18.7. The summed E-state index contributed by atoms with van der Waals surface area (Å²) < 4.78 is 79.9. The van der Waals surface area contributed by atoms with Gasteiger partial charge in [0.25, 0.3) is 11.8 Å². The quantitative estimate of drug-likeness (QED) is 0.110. The summed E-state index contributed by atoms with van der Waals surface area (Å²) in [6, 6.07) is 25.1. The van der Waals surface area contributed by atoms with Gasteiger partial charge in [-0.05, 0) is 143 Å². The van der Waals surface area contributed by atoms with Gasteiger partial charge in [0.1, 0.15) is 11.6 Å². The van der Waals surface area contributed by atoms with Crippen LogP contribution >= 0.6 is 0 Å². The number of hydrogen-bond donors (Lipinski definition) is 2. The minimum Gasteiger partial charge on any atom is -0.368 e. The molecule has 0 aliphatic carbocycles. The Morgan fingerprint density at radius 3 is 1.81 bits per heavy atom. The van der Waals surface area contributed by atoms with Gasteiger partial charge in [0.2, 0.25) is 0 Å². The molecule has 0 bridgehead atoms. The fourth-order valence-electron chi connectivity index (χ4n) is 9.84. The first-order chi connectivity index (χ1) is 33.4. The highest BCUT2D eigenvalue weighted by Crippen LogP contribution is 2.36. The molecule has 0 radical (unpaired) electrons. The summed E-state index contributed by atoms with van der Waals surface area (Å²) in [5.41, 5.74) is 5.75. The molecule has 10 nitrogen and oxygen atoms in total. The molecule has 2 aliphatic heterocycles. The zero-order chi connectivity index (χ0) is 49.7. The Bertz CT molecular complexity index is 2800. The first kappa shape index (κ1) is 49.6. The molecule has 4 atom stereocenters. The smallest absolute Gasteiger partial charge is 0.368 e. The van der Waals surface area contributed by atoms with E-state index in [1.807, 2.05) is 97.3 Å². The minimum atomic E-state index is -4.53. The molecule has 366 valence electrons. The molecule has 6 aromatic rings. The van der Waals surface area contributed by atoms with Gasteiger partial charge in [-0.2, -0.15) is 26.3 Å². The molecular formula is C54H56F6N8O2. The number of likely N-dealkylation sites (tertiary alicyclic amines) is 2. The second-order valence-electron chi connectivity index (χ2n) is 18.6. The van der Waals surface area contributed by atoms with Crippen LogP contribution in [-0.4, -0.2) is 79.8 Å². The number of benzene rings is 2. The summed E-state index contributed by atoms with van der Waals surface area (Å²) in [6.07, 6.45) is -1.28. The number of rotatable bonds is 13. The predicted octanol–water partition coefficient (Wildman–Crippen LogP) is 11.9. The number of pyridine rings is 4. The Morgan fingerprint density at radius 2 is 1.23 bits per heavy atom. The number of anilines is 2. The van der Waals surface area contributed by atoms with Gasteiger partial charge >= 0.3 is 12.4 Å². The highest BCUT2D eigenvalue weighted by Gasteiger charge is 2.37. The first-order valence-electron chi connectivity index (χ1n) is 23.7. The summed E-state index contributed by atoms with van der Waals surface area (Å²) in [5, 5.41) is 6.42. The van der Waals surface area contributed by atoms with Crippen molar-refractivity contribution in [2.24, 2.45) is 11.8 Å². The van der Waals surface area contributed by atoms with Crippen LogP contribution in [-0.2, 0) is 18.8 Å². The number of carbonyl (C=O) groups excluding carboxylic acids is 2. The third kappa shape index (κ3) is 11.6. The maximum atomic E-state index is 14.9. The maximum Gasteiger partial charge on any atom is 0.417 e. The maximum absolute atomic E-state index is 14.9. The van der Waals surface area contributed by atoms with Gasteiger partial charge in [-0.3, -0.25) is 19.6 Å². The molecule has 8 rings (SSSR count). The Hall–Kier alpha value is -6.84. The molecule has 6 heterocycles. The van der Waals surface area contributed by atoms with Gasteiger partial charge < -0.3 is 20.4 Å². The van der Waals surface area contributed by atoms with E-state index in [0.29, 0.717) is 60.7 Å². The van der Waals surface area contributed by atoms with E-state index in [1.54, 1.807) is 6.20 Å². The zero-order valence-corrected chi connectivity index (χ0v) is 39.5. The lowest BCUT2D eigenvalue weighted by Gasteiger charge is -2.42. The number of amides is 2. The van der Waals surface area contributed by atoms with Crippen molar-refractivity contribution in [2.45, 2.75) is 90.7 Å². The van der Waals surface area contributed by atoms with Gasteiger partial charge in [-0.15, -0.1) is 0 Å². The van der Waals surface area contributed by atoms with Crippen molar-refractivity contribution < 1.29 is 35.9 Å². The van der Waals surface area contributed by atoms with E-state index in [0.717, 1.165) is 83.9 Å². The highest BCUT2D eigenvalue weighted by atomic mass is 19.4. The fraction of sp³-hybridized carbons (Fsp3) is 0.370. The molecule has 16 heteroatoms. The van der Waals surface area contributed by atoms with Gasteiger partial charge in [0.15, 0.2) is 0 Å². The summed E-state index contributed by atoms with van der Waals surface area (Å²) in [4.78, 5) is 50.9. The van der Waals surface area contributed by atoms with Crippen LogP contribution in [0, 0.1) is 32.6 Å². The molecule has 2 amide bonds.